The van der Waals surface area contributed by atoms with Gasteiger partial charge in [-0.05, 0) is 39.0 Å². The molecule has 2 fully saturated rings. The lowest BCUT2D eigenvalue weighted by Crippen LogP contribution is -2.46. The Kier molecular flexibility index (Phi) is 6.45. The predicted octanol–water partition coefficient (Wildman–Crippen LogP) is 1.55. The predicted molar refractivity (Wildman–Crippen MR) is 82.0 cm³/mol. The molecule has 0 saturated carbocycles. The number of carbonyl (C=O) groups is 1. The Morgan fingerprint density at radius 2 is 2.00 bits per heavy atom. The number of rotatable bonds is 5. The summed E-state index contributed by atoms with van der Waals surface area (Å²) in [5.41, 5.74) is 5.82. The van der Waals surface area contributed by atoms with Gasteiger partial charge in [0.2, 0.25) is 5.91 Å². The molecule has 0 radical (unpaired) electrons. The Labute approximate surface area is 128 Å². The lowest BCUT2D eigenvalue weighted by molar-refractivity contribution is -0.139. The van der Waals surface area contributed by atoms with Crippen molar-refractivity contribution in [1.82, 2.24) is 4.90 Å². The second-order valence-electron chi connectivity index (χ2n) is 6.49. The highest BCUT2D eigenvalue weighted by molar-refractivity contribution is 5.79. The van der Waals surface area contributed by atoms with E-state index < -0.39 is 0 Å². The van der Waals surface area contributed by atoms with E-state index in [1.54, 1.807) is 0 Å². The number of piperidine rings is 1. The molecule has 21 heavy (non-hydrogen) atoms. The number of likely N-dealkylation sites (tertiary alicyclic amines) is 1. The third-order valence-corrected chi connectivity index (χ3v) is 4.72. The smallest absolute Gasteiger partial charge is 0.226 e. The molecular weight excluding hydrogens is 268 g/mol. The number of hydrogen-bond donors (Lipinski definition) is 1. The van der Waals surface area contributed by atoms with Gasteiger partial charge in [0.05, 0.1) is 24.7 Å². The van der Waals surface area contributed by atoms with Gasteiger partial charge in [-0.1, -0.05) is 6.92 Å². The minimum Gasteiger partial charge on any atom is -0.376 e. The van der Waals surface area contributed by atoms with Crippen molar-refractivity contribution < 1.29 is 14.3 Å². The van der Waals surface area contributed by atoms with E-state index in [4.69, 9.17) is 15.2 Å². The summed E-state index contributed by atoms with van der Waals surface area (Å²) in [5, 5.41) is 0. The highest BCUT2D eigenvalue weighted by Crippen LogP contribution is 2.19. The minimum atomic E-state index is -0.0990. The normalized spacial score (nSPS) is 27.4. The minimum absolute atomic E-state index is 0.0880. The van der Waals surface area contributed by atoms with Crippen molar-refractivity contribution in [2.45, 2.75) is 64.2 Å². The number of ether oxygens (including phenoxy) is 2. The van der Waals surface area contributed by atoms with Crippen molar-refractivity contribution in [3.8, 4) is 0 Å². The van der Waals surface area contributed by atoms with Crippen LogP contribution in [0.25, 0.3) is 0 Å². The Hall–Kier alpha value is -0.650. The Morgan fingerprint density at radius 1 is 1.29 bits per heavy atom. The quantitative estimate of drug-likeness (QED) is 0.836. The van der Waals surface area contributed by atoms with E-state index in [0.717, 1.165) is 39.0 Å². The van der Waals surface area contributed by atoms with E-state index in [1.165, 1.54) is 12.8 Å². The van der Waals surface area contributed by atoms with E-state index in [9.17, 15) is 4.79 Å². The third-order valence-electron chi connectivity index (χ3n) is 4.72. The highest BCUT2D eigenvalue weighted by Gasteiger charge is 2.28. The fourth-order valence-electron chi connectivity index (χ4n) is 2.94. The molecule has 0 aromatic carbocycles. The van der Waals surface area contributed by atoms with Crippen molar-refractivity contribution in [2.75, 3.05) is 26.3 Å². The first-order valence-electron chi connectivity index (χ1n) is 8.35. The molecule has 3 unspecified atom stereocenters. The van der Waals surface area contributed by atoms with E-state index in [1.807, 2.05) is 18.7 Å². The van der Waals surface area contributed by atoms with E-state index >= 15 is 0 Å². The van der Waals surface area contributed by atoms with Gasteiger partial charge in [-0.25, -0.2) is 0 Å². The van der Waals surface area contributed by atoms with Gasteiger partial charge in [0.25, 0.3) is 0 Å². The summed E-state index contributed by atoms with van der Waals surface area (Å²) in [6.45, 7) is 6.95. The van der Waals surface area contributed by atoms with Gasteiger partial charge in [-0.3, -0.25) is 4.79 Å². The molecule has 0 aromatic rings. The molecule has 2 aliphatic heterocycles. The first kappa shape index (κ1) is 16.7. The van der Waals surface area contributed by atoms with Gasteiger partial charge in [0, 0.05) is 25.7 Å². The lowest BCUT2D eigenvalue weighted by atomic mass is 10.00. The van der Waals surface area contributed by atoms with Gasteiger partial charge in [-0.15, -0.1) is 0 Å². The summed E-state index contributed by atoms with van der Waals surface area (Å²) >= 11 is 0. The van der Waals surface area contributed by atoms with Crippen LogP contribution in [-0.2, 0) is 14.3 Å². The van der Waals surface area contributed by atoms with Gasteiger partial charge in [0.1, 0.15) is 0 Å². The molecule has 2 heterocycles. The van der Waals surface area contributed by atoms with Crippen LogP contribution in [0.5, 0.6) is 0 Å². The van der Waals surface area contributed by atoms with Crippen molar-refractivity contribution in [3.05, 3.63) is 0 Å². The fourth-order valence-corrected chi connectivity index (χ4v) is 2.94. The van der Waals surface area contributed by atoms with Crippen LogP contribution in [0, 0.1) is 5.92 Å². The third kappa shape index (κ3) is 4.94. The second kappa shape index (κ2) is 8.11. The molecule has 0 aliphatic carbocycles. The van der Waals surface area contributed by atoms with Crippen LogP contribution in [0.3, 0.4) is 0 Å². The maximum atomic E-state index is 12.2. The Bertz CT molecular complexity index is 321. The van der Waals surface area contributed by atoms with Crippen molar-refractivity contribution in [3.63, 3.8) is 0 Å². The average molecular weight is 298 g/mol. The maximum absolute atomic E-state index is 12.2. The van der Waals surface area contributed by atoms with E-state index in [-0.39, 0.29) is 30.1 Å². The molecule has 0 spiro atoms. The molecule has 5 nitrogen and oxygen atoms in total. The Morgan fingerprint density at radius 3 is 2.57 bits per heavy atom. The van der Waals surface area contributed by atoms with Crippen LogP contribution < -0.4 is 5.73 Å². The zero-order valence-corrected chi connectivity index (χ0v) is 13.4. The molecule has 2 rings (SSSR count). The van der Waals surface area contributed by atoms with Crippen molar-refractivity contribution in [2.24, 2.45) is 11.7 Å². The summed E-state index contributed by atoms with van der Waals surface area (Å²) in [7, 11) is 0. The molecule has 122 valence electrons. The molecule has 3 atom stereocenters. The average Bonchev–Trinajstić information content (AvgIpc) is 2.53. The first-order chi connectivity index (χ1) is 10.1. The van der Waals surface area contributed by atoms with Gasteiger partial charge < -0.3 is 20.1 Å². The molecule has 1 amide bonds. The van der Waals surface area contributed by atoms with Crippen LogP contribution in [0.4, 0.5) is 0 Å². The molecule has 2 aliphatic rings. The topological polar surface area (TPSA) is 64.8 Å². The van der Waals surface area contributed by atoms with E-state index in [0.29, 0.717) is 6.61 Å². The number of nitrogens with zero attached hydrogens (tertiary/aromatic N) is 1. The molecule has 0 bridgehead atoms. The maximum Gasteiger partial charge on any atom is 0.226 e. The monoisotopic (exact) mass is 298 g/mol. The summed E-state index contributed by atoms with van der Waals surface area (Å²) in [6, 6.07) is -0.0880. The standard InChI is InChI=1S/C16H30N2O3/c1-12(13(2)17)16(19)18-8-6-14(7-9-18)21-11-15-5-3-4-10-20-15/h12-15H,3-11,17H2,1-2H3. The van der Waals surface area contributed by atoms with Crippen LogP contribution in [0.1, 0.15) is 46.0 Å². The van der Waals surface area contributed by atoms with Crippen LogP contribution >= 0.6 is 0 Å². The summed E-state index contributed by atoms with van der Waals surface area (Å²) in [5.74, 6) is 0.0807. The van der Waals surface area contributed by atoms with E-state index in [2.05, 4.69) is 0 Å². The van der Waals surface area contributed by atoms with Crippen molar-refractivity contribution in [1.29, 1.82) is 0 Å². The number of hydrogen-bond acceptors (Lipinski definition) is 4. The van der Waals surface area contributed by atoms with Crippen molar-refractivity contribution >= 4 is 5.91 Å². The second-order valence-corrected chi connectivity index (χ2v) is 6.49. The van der Waals surface area contributed by atoms with Gasteiger partial charge in [-0.2, -0.15) is 0 Å². The Balaban J connectivity index is 1.67. The van der Waals surface area contributed by atoms with Crippen LogP contribution in [0.2, 0.25) is 0 Å². The first-order valence-corrected chi connectivity index (χ1v) is 8.35. The van der Waals surface area contributed by atoms with Gasteiger partial charge in [0.15, 0.2) is 0 Å². The number of carbonyl (C=O) groups excluding carboxylic acids is 1. The van der Waals surface area contributed by atoms with Crippen LogP contribution in [0.15, 0.2) is 0 Å². The molecule has 0 aromatic heterocycles. The molecule has 2 N–H and O–H groups in total. The summed E-state index contributed by atoms with van der Waals surface area (Å²) in [4.78, 5) is 14.2. The molecule has 2 saturated heterocycles. The number of nitrogens with two attached hydrogens (primary N) is 1. The highest BCUT2D eigenvalue weighted by atomic mass is 16.5. The summed E-state index contributed by atoms with van der Waals surface area (Å²) < 4.78 is 11.7. The molecule has 5 heteroatoms. The van der Waals surface area contributed by atoms with Gasteiger partial charge >= 0.3 is 0 Å². The number of amides is 1. The zero-order chi connectivity index (χ0) is 15.2. The molecular formula is C16H30N2O3. The fraction of sp³-hybridized carbons (Fsp3) is 0.938. The zero-order valence-electron chi connectivity index (χ0n) is 13.4. The summed E-state index contributed by atoms with van der Waals surface area (Å²) in [6.07, 6.45) is 5.92. The SMILES string of the molecule is CC(N)C(C)C(=O)N1CCC(OCC2CCCCO2)CC1. The van der Waals surface area contributed by atoms with Crippen LogP contribution in [-0.4, -0.2) is 55.4 Å². The largest absolute Gasteiger partial charge is 0.376 e. The lowest BCUT2D eigenvalue weighted by Gasteiger charge is -2.35.